The number of benzene rings is 2. The zero-order chi connectivity index (χ0) is 33.2. The molecule has 0 saturated carbocycles. The Balaban J connectivity index is 1.59. The molecule has 2 aromatic heterocycles. The fraction of sp³-hybridized carbons (Fsp3) is 0.290. The van der Waals surface area contributed by atoms with Gasteiger partial charge in [-0.15, -0.1) is 4.90 Å². The first-order valence-corrected chi connectivity index (χ1v) is 13.5. The molecule has 3 amide bonds. The summed E-state index contributed by atoms with van der Waals surface area (Å²) in [5.41, 5.74) is -2.30. The van der Waals surface area contributed by atoms with Gasteiger partial charge in [-0.2, -0.15) is 18.2 Å². The Morgan fingerprint density at radius 3 is 2.02 bits per heavy atom. The normalized spacial score (nSPS) is 11.9. The minimum Gasteiger partial charge on any atom is -0.443 e. The molecular formula is C31H30F3N5O6. The Morgan fingerprint density at radius 1 is 0.778 bits per heavy atom. The predicted octanol–water partition coefficient (Wildman–Crippen LogP) is 7.76. The maximum atomic E-state index is 13.1. The second-order valence-corrected chi connectivity index (χ2v) is 11.6. The molecule has 1 N–H and O–H groups in total. The van der Waals surface area contributed by atoms with E-state index in [0.29, 0.717) is 15.8 Å². The molecule has 45 heavy (non-hydrogen) atoms. The van der Waals surface area contributed by atoms with Crippen molar-refractivity contribution in [2.45, 2.75) is 58.9 Å². The summed E-state index contributed by atoms with van der Waals surface area (Å²) in [7, 11) is 0. The third kappa shape index (κ3) is 8.65. The van der Waals surface area contributed by atoms with Crippen molar-refractivity contribution >= 4 is 40.6 Å². The van der Waals surface area contributed by atoms with Crippen LogP contribution in [0.15, 0.2) is 66.9 Å². The topological polar surface area (TPSA) is 133 Å². The highest BCUT2D eigenvalue weighted by Gasteiger charge is 2.35. The minimum atomic E-state index is -4.56. The quantitative estimate of drug-likeness (QED) is 0.236. The van der Waals surface area contributed by atoms with Crippen molar-refractivity contribution in [1.29, 1.82) is 0 Å². The molecule has 4 aromatic rings. The number of carbonyl (C=O) groups is 3. The van der Waals surface area contributed by atoms with E-state index in [1.54, 1.807) is 59.7 Å². The van der Waals surface area contributed by atoms with Crippen LogP contribution in [0.1, 0.15) is 57.5 Å². The van der Waals surface area contributed by atoms with E-state index in [1.165, 1.54) is 36.5 Å². The van der Waals surface area contributed by atoms with Crippen LogP contribution in [0.4, 0.5) is 34.4 Å². The average Bonchev–Trinajstić information content (AvgIpc) is 2.90. The number of ether oxygens (including phenoxy) is 3. The number of pyridine rings is 1. The molecule has 14 heteroatoms. The summed E-state index contributed by atoms with van der Waals surface area (Å²) in [4.78, 5) is 52.1. The van der Waals surface area contributed by atoms with Crippen LogP contribution in [-0.4, -0.2) is 44.2 Å². The van der Waals surface area contributed by atoms with Crippen LogP contribution in [0.3, 0.4) is 0 Å². The number of carbonyl (C=O) groups excluding carboxylic acids is 3. The fourth-order valence-electron chi connectivity index (χ4n) is 3.82. The number of anilines is 2. The zero-order valence-corrected chi connectivity index (χ0v) is 25.2. The Kier molecular flexibility index (Phi) is 8.98. The van der Waals surface area contributed by atoms with Crippen LogP contribution >= 0.6 is 0 Å². The van der Waals surface area contributed by atoms with Crippen LogP contribution in [0, 0.1) is 0 Å². The number of alkyl halides is 3. The zero-order valence-electron chi connectivity index (χ0n) is 25.2. The Bertz CT molecular complexity index is 1720. The van der Waals surface area contributed by atoms with Gasteiger partial charge < -0.3 is 19.5 Å². The Morgan fingerprint density at radius 2 is 1.40 bits per heavy atom. The van der Waals surface area contributed by atoms with Gasteiger partial charge in [0, 0.05) is 35.0 Å². The number of nitrogens with zero attached hydrogens (tertiary/aromatic N) is 4. The van der Waals surface area contributed by atoms with E-state index in [1.807, 2.05) is 0 Å². The van der Waals surface area contributed by atoms with Gasteiger partial charge in [0.15, 0.2) is 0 Å². The summed E-state index contributed by atoms with van der Waals surface area (Å²) in [6.45, 7) is 9.78. The van der Waals surface area contributed by atoms with Gasteiger partial charge in [0.1, 0.15) is 11.2 Å². The molecule has 0 radical (unpaired) electrons. The van der Waals surface area contributed by atoms with E-state index >= 15 is 0 Å². The summed E-state index contributed by atoms with van der Waals surface area (Å²) >= 11 is 0. The summed E-state index contributed by atoms with van der Waals surface area (Å²) in [6.07, 6.45) is -5.42. The van der Waals surface area contributed by atoms with Crippen molar-refractivity contribution in [3.05, 3.63) is 78.0 Å². The van der Waals surface area contributed by atoms with Gasteiger partial charge in [0.25, 0.3) is 5.91 Å². The maximum Gasteiger partial charge on any atom is 0.427 e. The van der Waals surface area contributed by atoms with Gasteiger partial charge in [-0.3, -0.25) is 4.79 Å². The molecule has 0 aliphatic heterocycles. The molecule has 0 spiro atoms. The molecule has 0 aliphatic rings. The number of imide groups is 1. The van der Waals surface area contributed by atoms with Crippen LogP contribution in [0.25, 0.3) is 10.9 Å². The molecular weight excluding hydrogens is 595 g/mol. The van der Waals surface area contributed by atoms with E-state index in [-0.39, 0.29) is 29.0 Å². The molecule has 2 heterocycles. The summed E-state index contributed by atoms with van der Waals surface area (Å²) in [6, 6.07) is 13.4. The van der Waals surface area contributed by atoms with Crippen LogP contribution in [0.2, 0.25) is 0 Å². The van der Waals surface area contributed by atoms with E-state index < -0.39 is 41.0 Å². The van der Waals surface area contributed by atoms with Crippen molar-refractivity contribution in [2.24, 2.45) is 0 Å². The number of aromatic nitrogens is 3. The SMILES string of the molecule is CC(C)(C)OC(=O)N(C(=O)OC(C)(C)C)c1nccc(Oc2ccc3c(C(=O)Nc4cccc(C(F)(F)F)c4)cccc3n2)n1. The minimum absolute atomic E-state index is 0.0221. The highest BCUT2D eigenvalue weighted by atomic mass is 19.4. The molecule has 0 fully saturated rings. The standard InChI is InChI=1S/C31H30F3N5O6/c1-29(2,3)44-27(41)39(28(42)45-30(4,5)6)26-35-16-15-24(38-26)43-23-14-13-20-21(11-8-12-22(20)37-23)25(40)36-19-10-7-9-18(17-19)31(32,33)34/h7-17H,1-6H3,(H,36,40). The smallest absolute Gasteiger partial charge is 0.427 e. The maximum absolute atomic E-state index is 13.1. The molecule has 4 rings (SSSR count). The van der Waals surface area contributed by atoms with Crippen molar-refractivity contribution < 1.29 is 41.8 Å². The van der Waals surface area contributed by atoms with Gasteiger partial charge >= 0.3 is 18.4 Å². The lowest BCUT2D eigenvalue weighted by atomic mass is 10.1. The first-order chi connectivity index (χ1) is 20.9. The fourth-order valence-corrected chi connectivity index (χ4v) is 3.82. The summed E-state index contributed by atoms with van der Waals surface area (Å²) in [5, 5.41) is 2.89. The first-order valence-electron chi connectivity index (χ1n) is 13.5. The summed E-state index contributed by atoms with van der Waals surface area (Å²) < 4.78 is 55.8. The predicted molar refractivity (Wildman–Crippen MR) is 158 cm³/mol. The van der Waals surface area contributed by atoms with E-state index in [9.17, 15) is 27.6 Å². The molecule has 0 unspecified atom stereocenters. The van der Waals surface area contributed by atoms with E-state index in [0.717, 1.165) is 12.1 Å². The lowest BCUT2D eigenvalue weighted by Gasteiger charge is -2.27. The van der Waals surface area contributed by atoms with Crippen molar-refractivity contribution in [3.63, 3.8) is 0 Å². The molecule has 2 aromatic carbocycles. The number of nitrogens with one attached hydrogen (secondary N) is 1. The van der Waals surface area contributed by atoms with E-state index in [4.69, 9.17) is 14.2 Å². The highest BCUT2D eigenvalue weighted by molar-refractivity contribution is 6.12. The number of halogens is 3. The number of amides is 3. The molecule has 0 saturated heterocycles. The molecule has 0 atom stereocenters. The van der Waals surface area contributed by atoms with Gasteiger partial charge in [-0.1, -0.05) is 12.1 Å². The van der Waals surface area contributed by atoms with Crippen molar-refractivity contribution in [2.75, 3.05) is 10.2 Å². The van der Waals surface area contributed by atoms with E-state index in [2.05, 4.69) is 20.3 Å². The third-order valence-electron chi connectivity index (χ3n) is 5.58. The molecule has 236 valence electrons. The van der Waals surface area contributed by atoms with Gasteiger partial charge in [-0.05, 0) is 77.9 Å². The van der Waals surface area contributed by atoms with Crippen LogP contribution in [0.5, 0.6) is 11.8 Å². The average molecular weight is 626 g/mol. The van der Waals surface area contributed by atoms with Gasteiger partial charge in [0.05, 0.1) is 11.1 Å². The second-order valence-electron chi connectivity index (χ2n) is 11.6. The largest absolute Gasteiger partial charge is 0.443 e. The summed E-state index contributed by atoms with van der Waals surface area (Å²) in [5.74, 6) is -1.04. The Hall–Kier alpha value is -5.27. The van der Waals surface area contributed by atoms with Crippen molar-refractivity contribution in [1.82, 2.24) is 15.0 Å². The van der Waals surface area contributed by atoms with Gasteiger partial charge in [0.2, 0.25) is 17.7 Å². The van der Waals surface area contributed by atoms with Crippen LogP contribution in [-0.2, 0) is 15.7 Å². The monoisotopic (exact) mass is 625 g/mol. The Labute approximate surface area is 256 Å². The number of rotatable bonds is 5. The molecule has 0 aliphatic carbocycles. The number of fused-ring (bicyclic) bond motifs is 1. The van der Waals surface area contributed by atoms with Crippen molar-refractivity contribution in [3.8, 4) is 11.8 Å². The lowest BCUT2D eigenvalue weighted by Crippen LogP contribution is -2.44. The number of hydrogen-bond donors (Lipinski definition) is 1. The number of hydrogen-bond acceptors (Lipinski definition) is 9. The molecule has 0 bridgehead atoms. The first kappa shape index (κ1) is 32.6. The third-order valence-corrected chi connectivity index (χ3v) is 5.58. The molecule has 11 nitrogen and oxygen atoms in total. The van der Waals surface area contributed by atoms with Crippen LogP contribution < -0.4 is 15.0 Å². The lowest BCUT2D eigenvalue weighted by molar-refractivity contribution is -0.137. The second kappa shape index (κ2) is 12.4. The highest BCUT2D eigenvalue weighted by Crippen LogP contribution is 2.31. The van der Waals surface area contributed by atoms with Gasteiger partial charge in [-0.25, -0.2) is 19.6 Å².